The molecule has 2 N–H and O–H groups in total. The molecule has 3 unspecified atom stereocenters. The number of thioether (sulfide) groups is 1. The predicted octanol–water partition coefficient (Wildman–Crippen LogP) is 4.24. The van der Waals surface area contributed by atoms with Crippen LogP contribution in [0.4, 0.5) is 0 Å². The third-order valence-electron chi connectivity index (χ3n) is 5.19. The van der Waals surface area contributed by atoms with Gasteiger partial charge in [0.25, 0.3) is 5.91 Å². The van der Waals surface area contributed by atoms with Crippen molar-refractivity contribution >= 4 is 41.3 Å². The molecule has 1 saturated carbocycles. The maximum absolute atomic E-state index is 12.5. The van der Waals surface area contributed by atoms with Gasteiger partial charge in [0.05, 0.1) is 4.91 Å². The van der Waals surface area contributed by atoms with Crippen LogP contribution in [0.5, 0.6) is 0 Å². The summed E-state index contributed by atoms with van der Waals surface area (Å²) in [6.45, 7) is 5.03. The lowest BCUT2D eigenvalue weighted by atomic mass is 9.84. The van der Waals surface area contributed by atoms with E-state index in [9.17, 15) is 9.59 Å². The highest BCUT2D eigenvalue weighted by atomic mass is 35.5. The summed E-state index contributed by atoms with van der Waals surface area (Å²) in [5.74, 6) is 0.639. The first-order valence-electron chi connectivity index (χ1n) is 9.65. The van der Waals surface area contributed by atoms with Crippen LogP contribution in [-0.4, -0.2) is 29.7 Å². The summed E-state index contributed by atoms with van der Waals surface area (Å²) in [7, 11) is 0. The monoisotopic (exact) mass is 406 g/mol. The first kappa shape index (κ1) is 20.3. The Bertz CT molecular complexity index is 735. The van der Waals surface area contributed by atoms with Crippen LogP contribution in [0.3, 0.4) is 0 Å². The van der Waals surface area contributed by atoms with Gasteiger partial charge in [0, 0.05) is 28.8 Å². The molecule has 4 nitrogen and oxygen atoms in total. The van der Waals surface area contributed by atoms with Crippen molar-refractivity contribution in [1.29, 1.82) is 0 Å². The lowest BCUT2D eigenvalue weighted by Crippen LogP contribution is -2.51. The van der Waals surface area contributed by atoms with E-state index < -0.39 is 0 Å². The molecular weight excluding hydrogens is 380 g/mol. The molecule has 1 aromatic rings. The van der Waals surface area contributed by atoms with Gasteiger partial charge in [-0.1, -0.05) is 43.6 Å². The number of nitrogens with one attached hydrogen (secondary N) is 2. The van der Waals surface area contributed by atoms with E-state index in [2.05, 4.69) is 24.5 Å². The summed E-state index contributed by atoms with van der Waals surface area (Å²) in [5.41, 5.74) is 0.855. The number of carbonyl (C=O) groups is 2. The molecule has 27 heavy (non-hydrogen) atoms. The van der Waals surface area contributed by atoms with Crippen LogP contribution in [-0.2, 0) is 9.59 Å². The molecule has 2 fully saturated rings. The van der Waals surface area contributed by atoms with Crippen LogP contribution >= 0.6 is 23.4 Å². The molecule has 1 saturated heterocycles. The zero-order chi connectivity index (χ0) is 19.4. The van der Waals surface area contributed by atoms with Crippen LogP contribution in [0, 0.1) is 11.8 Å². The number of fused-ring (bicyclic) bond motifs is 1. The van der Waals surface area contributed by atoms with Gasteiger partial charge in [0.15, 0.2) is 0 Å². The van der Waals surface area contributed by atoms with Crippen molar-refractivity contribution in [1.82, 2.24) is 10.6 Å². The highest BCUT2D eigenvalue weighted by molar-refractivity contribution is 8.04. The first-order valence-corrected chi connectivity index (χ1v) is 10.9. The van der Waals surface area contributed by atoms with Gasteiger partial charge < -0.3 is 10.6 Å². The van der Waals surface area contributed by atoms with E-state index in [-0.39, 0.29) is 23.8 Å². The third-order valence-corrected chi connectivity index (χ3v) is 6.96. The van der Waals surface area contributed by atoms with Gasteiger partial charge in [0.1, 0.15) is 0 Å². The first-order chi connectivity index (χ1) is 12.9. The zero-order valence-corrected chi connectivity index (χ0v) is 17.4. The smallest absolute Gasteiger partial charge is 0.257 e. The number of halogens is 1. The van der Waals surface area contributed by atoms with E-state index in [1.165, 1.54) is 0 Å². The molecule has 146 valence electrons. The fourth-order valence-corrected chi connectivity index (χ4v) is 5.07. The van der Waals surface area contributed by atoms with Crippen molar-refractivity contribution in [2.24, 2.45) is 11.8 Å². The molecular formula is C21H27ClN2O2S. The number of hydrogen-bond acceptors (Lipinski definition) is 3. The lowest BCUT2D eigenvalue weighted by molar-refractivity contribution is -0.127. The van der Waals surface area contributed by atoms with Gasteiger partial charge in [-0.25, -0.2) is 0 Å². The van der Waals surface area contributed by atoms with Crippen molar-refractivity contribution < 1.29 is 9.59 Å². The predicted molar refractivity (Wildman–Crippen MR) is 113 cm³/mol. The summed E-state index contributed by atoms with van der Waals surface area (Å²) in [4.78, 5) is 25.7. The minimum atomic E-state index is -0.0676. The Labute approximate surface area is 170 Å². The molecule has 0 bridgehead atoms. The maximum Gasteiger partial charge on any atom is 0.257 e. The lowest BCUT2D eigenvalue weighted by Gasteiger charge is -2.39. The Balaban J connectivity index is 1.60. The number of amides is 2. The van der Waals surface area contributed by atoms with Crippen molar-refractivity contribution in [3.63, 3.8) is 0 Å². The minimum absolute atomic E-state index is 0.00610. The van der Waals surface area contributed by atoms with Gasteiger partial charge in [-0.15, -0.1) is 11.8 Å². The summed E-state index contributed by atoms with van der Waals surface area (Å²) in [6.07, 6.45) is 5.38. The molecule has 6 heteroatoms. The van der Waals surface area contributed by atoms with E-state index in [1.807, 2.05) is 30.3 Å². The van der Waals surface area contributed by atoms with Crippen molar-refractivity contribution in [3.8, 4) is 0 Å². The fraction of sp³-hybridized carbons (Fsp3) is 0.524. The second kappa shape index (κ2) is 9.16. The van der Waals surface area contributed by atoms with Gasteiger partial charge in [0.2, 0.25) is 5.91 Å². The Morgan fingerprint density at radius 2 is 2.15 bits per heavy atom. The summed E-state index contributed by atoms with van der Waals surface area (Å²) < 4.78 is 0. The molecule has 1 aliphatic heterocycles. The normalized spacial score (nSPS) is 26.6. The van der Waals surface area contributed by atoms with Gasteiger partial charge >= 0.3 is 0 Å². The largest absolute Gasteiger partial charge is 0.356 e. The topological polar surface area (TPSA) is 58.2 Å². The van der Waals surface area contributed by atoms with Crippen LogP contribution < -0.4 is 10.6 Å². The van der Waals surface area contributed by atoms with E-state index in [4.69, 9.17) is 11.6 Å². The molecule has 1 heterocycles. The molecule has 0 aromatic heterocycles. The highest BCUT2D eigenvalue weighted by Gasteiger charge is 2.39. The summed E-state index contributed by atoms with van der Waals surface area (Å²) >= 11 is 7.83. The quantitative estimate of drug-likeness (QED) is 0.719. The number of hydrogen-bond donors (Lipinski definition) is 2. The van der Waals surface area contributed by atoms with Crippen LogP contribution in [0.1, 0.15) is 45.1 Å². The molecule has 0 spiro atoms. The van der Waals surface area contributed by atoms with E-state index in [0.29, 0.717) is 21.1 Å². The average molecular weight is 407 g/mol. The zero-order valence-electron chi connectivity index (χ0n) is 15.8. The van der Waals surface area contributed by atoms with Crippen molar-refractivity contribution in [2.75, 3.05) is 6.54 Å². The van der Waals surface area contributed by atoms with Crippen molar-refractivity contribution in [3.05, 3.63) is 39.8 Å². The molecule has 3 rings (SSSR count). The highest BCUT2D eigenvalue weighted by Crippen LogP contribution is 2.40. The SMILES string of the molecule is CC(C)CCNC(=O)C1CCC2S/C(=C/c3ccccc3Cl)C(=O)NC2C1. The van der Waals surface area contributed by atoms with Gasteiger partial charge in [-0.3, -0.25) is 9.59 Å². The third kappa shape index (κ3) is 5.29. The summed E-state index contributed by atoms with van der Waals surface area (Å²) in [6, 6.07) is 7.58. The number of carbonyl (C=O) groups excluding carboxylic acids is 2. The second-order valence-electron chi connectivity index (χ2n) is 7.75. The molecule has 2 aliphatic rings. The minimum Gasteiger partial charge on any atom is -0.356 e. The number of rotatable bonds is 5. The fourth-order valence-electron chi connectivity index (χ4n) is 3.59. The Hall–Kier alpha value is -1.46. The standard InChI is InChI=1S/C21H27ClN2O2S/c1-13(2)9-10-23-20(25)15-7-8-18-17(11-15)24-21(26)19(27-18)12-14-5-3-4-6-16(14)22/h3-6,12-13,15,17-18H,7-11H2,1-2H3,(H,23,25)(H,24,26)/b19-12+. The van der Waals surface area contributed by atoms with Gasteiger partial charge in [-0.2, -0.15) is 0 Å². The second-order valence-corrected chi connectivity index (χ2v) is 9.44. The van der Waals surface area contributed by atoms with Gasteiger partial charge in [-0.05, 0) is 49.3 Å². The molecule has 3 atom stereocenters. The van der Waals surface area contributed by atoms with Crippen LogP contribution in [0.2, 0.25) is 5.02 Å². The van der Waals surface area contributed by atoms with E-state index in [0.717, 1.165) is 37.8 Å². The Morgan fingerprint density at radius 1 is 1.37 bits per heavy atom. The molecule has 0 radical (unpaired) electrons. The molecule has 1 aromatic carbocycles. The molecule has 2 amide bonds. The van der Waals surface area contributed by atoms with Crippen LogP contribution in [0.15, 0.2) is 29.2 Å². The Morgan fingerprint density at radius 3 is 2.89 bits per heavy atom. The molecule has 1 aliphatic carbocycles. The van der Waals surface area contributed by atoms with E-state index >= 15 is 0 Å². The van der Waals surface area contributed by atoms with Crippen molar-refractivity contribution in [2.45, 2.75) is 50.8 Å². The Kier molecular flexibility index (Phi) is 6.88. The summed E-state index contributed by atoms with van der Waals surface area (Å²) in [5, 5.41) is 7.13. The van der Waals surface area contributed by atoms with E-state index in [1.54, 1.807) is 11.8 Å². The average Bonchev–Trinajstić information content (AvgIpc) is 2.63. The van der Waals surface area contributed by atoms with Crippen LogP contribution in [0.25, 0.3) is 6.08 Å². The number of benzene rings is 1. The maximum atomic E-state index is 12.5.